The summed E-state index contributed by atoms with van der Waals surface area (Å²) in [7, 11) is 0. The Morgan fingerprint density at radius 2 is 1.82 bits per heavy atom. The minimum Gasteiger partial charge on any atom is -0.290 e. The van der Waals surface area contributed by atoms with Gasteiger partial charge in [0.2, 0.25) is 0 Å². The summed E-state index contributed by atoms with van der Waals surface area (Å²) in [6.07, 6.45) is -4.49. The van der Waals surface area contributed by atoms with Crippen molar-refractivity contribution >= 4 is 11.3 Å². The van der Waals surface area contributed by atoms with Crippen molar-refractivity contribution in [2.24, 2.45) is 0 Å². The second-order valence-corrected chi connectivity index (χ2v) is 4.28. The van der Waals surface area contributed by atoms with Gasteiger partial charge in [0.15, 0.2) is 0 Å². The van der Waals surface area contributed by atoms with Crippen molar-refractivity contribution in [1.82, 2.24) is 4.57 Å². The highest BCUT2D eigenvalue weighted by Gasteiger charge is 2.35. The summed E-state index contributed by atoms with van der Waals surface area (Å²) >= 11 is 0.565. The zero-order chi connectivity index (χ0) is 12.5. The van der Waals surface area contributed by atoms with Crippen molar-refractivity contribution in [3.63, 3.8) is 0 Å². The lowest BCUT2D eigenvalue weighted by Gasteiger charge is -2.10. The minimum atomic E-state index is -4.49. The molecule has 1 aromatic carbocycles. The largest absolute Gasteiger partial charge is 0.432 e. The predicted molar refractivity (Wildman–Crippen MR) is 59.1 cm³/mol. The fourth-order valence-electron chi connectivity index (χ4n) is 1.47. The maximum absolute atomic E-state index is 12.6. The monoisotopic (exact) mass is 259 g/mol. The quantitative estimate of drug-likeness (QED) is 0.812. The third-order valence-electron chi connectivity index (χ3n) is 2.26. The van der Waals surface area contributed by atoms with Gasteiger partial charge in [0.25, 0.3) is 0 Å². The lowest BCUT2D eigenvalue weighted by atomic mass is 10.2. The van der Waals surface area contributed by atoms with Crippen LogP contribution in [0.15, 0.2) is 40.5 Å². The molecular formula is C11H8F3NOS. The van der Waals surface area contributed by atoms with Crippen LogP contribution in [-0.4, -0.2) is 4.57 Å². The van der Waals surface area contributed by atoms with Gasteiger partial charge in [0.1, 0.15) is 5.69 Å². The van der Waals surface area contributed by atoms with Crippen LogP contribution >= 0.6 is 11.3 Å². The number of benzene rings is 1. The molecule has 0 radical (unpaired) electrons. The smallest absolute Gasteiger partial charge is 0.290 e. The third kappa shape index (κ3) is 2.58. The zero-order valence-electron chi connectivity index (χ0n) is 8.57. The van der Waals surface area contributed by atoms with E-state index >= 15 is 0 Å². The summed E-state index contributed by atoms with van der Waals surface area (Å²) in [6, 6.07) is 8.58. The number of hydrogen-bond acceptors (Lipinski definition) is 2. The third-order valence-corrected chi connectivity index (χ3v) is 3.02. The lowest BCUT2D eigenvalue weighted by Crippen LogP contribution is -2.21. The first-order valence-electron chi connectivity index (χ1n) is 4.78. The van der Waals surface area contributed by atoms with E-state index in [0.717, 1.165) is 9.95 Å². The van der Waals surface area contributed by atoms with Crippen LogP contribution in [0, 0.1) is 0 Å². The Hall–Kier alpha value is -1.56. The summed E-state index contributed by atoms with van der Waals surface area (Å²) in [4.78, 5) is 10.8. The van der Waals surface area contributed by atoms with Crippen LogP contribution in [0.3, 0.4) is 0 Å². The van der Waals surface area contributed by atoms with Crippen molar-refractivity contribution in [1.29, 1.82) is 0 Å². The molecule has 0 fully saturated rings. The summed E-state index contributed by atoms with van der Waals surface area (Å²) in [5.74, 6) is 0. The van der Waals surface area contributed by atoms with Gasteiger partial charge in [0, 0.05) is 5.38 Å². The standard InChI is InChI=1S/C11H8F3NOS/c12-11(13,14)9-7-17-10(16)15(9)6-8-4-2-1-3-5-8/h1-5,7H,6H2. The summed E-state index contributed by atoms with van der Waals surface area (Å²) in [5, 5.41) is 0.852. The molecule has 0 spiro atoms. The van der Waals surface area contributed by atoms with E-state index in [1.807, 2.05) is 0 Å². The maximum Gasteiger partial charge on any atom is 0.432 e. The highest BCUT2D eigenvalue weighted by Crippen LogP contribution is 2.29. The Bertz CT molecular complexity index is 556. The molecule has 0 bridgehead atoms. The fourth-order valence-corrected chi connectivity index (χ4v) is 2.23. The Labute approximate surface area is 98.9 Å². The van der Waals surface area contributed by atoms with Crippen LogP contribution < -0.4 is 4.87 Å². The molecule has 0 N–H and O–H groups in total. The molecule has 0 atom stereocenters. The number of halogens is 3. The van der Waals surface area contributed by atoms with E-state index in [9.17, 15) is 18.0 Å². The van der Waals surface area contributed by atoms with E-state index in [4.69, 9.17) is 0 Å². The van der Waals surface area contributed by atoms with Crippen LogP contribution in [0.1, 0.15) is 11.3 Å². The Morgan fingerprint density at radius 1 is 1.18 bits per heavy atom. The Balaban J connectivity index is 2.40. The molecule has 2 rings (SSSR count). The molecule has 0 amide bonds. The number of rotatable bonds is 2. The first-order chi connectivity index (χ1) is 7.98. The van der Waals surface area contributed by atoms with Crippen LogP contribution in [-0.2, 0) is 12.7 Å². The number of hydrogen-bond donors (Lipinski definition) is 0. The molecule has 0 saturated heterocycles. The van der Waals surface area contributed by atoms with Crippen LogP contribution in [0.2, 0.25) is 0 Å². The first kappa shape index (κ1) is 11.9. The van der Waals surface area contributed by atoms with E-state index in [0.29, 0.717) is 16.9 Å². The summed E-state index contributed by atoms with van der Waals surface area (Å²) in [6.45, 7) is -0.0575. The van der Waals surface area contributed by atoms with E-state index in [1.54, 1.807) is 30.3 Å². The van der Waals surface area contributed by atoms with Gasteiger partial charge in [-0.3, -0.25) is 9.36 Å². The molecule has 2 nitrogen and oxygen atoms in total. The predicted octanol–water partition coefficient (Wildman–Crippen LogP) is 2.98. The second-order valence-electron chi connectivity index (χ2n) is 3.46. The fraction of sp³-hybridized carbons (Fsp3) is 0.182. The van der Waals surface area contributed by atoms with Crippen molar-refractivity contribution in [3.8, 4) is 0 Å². The maximum atomic E-state index is 12.6. The summed E-state index contributed by atoms with van der Waals surface area (Å²) < 4.78 is 38.6. The average molecular weight is 259 g/mol. The van der Waals surface area contributed by atoms with E-state index < -0.39 is 16.7 Å². The molecule has 0 unspecified atom stereocenters. The first-order valence-corrected chi connectivity index (χ1v) is 5.66. The SMILES string of the molecule is O=c1scc(C(F)(F)F)n1Cc1ccccc1. The van der Waals surface area contributed by atoms with Crippen LogP contribution in [0.5, 0.6) is 0 Å². The molecule has 6 heteroatoms. The van der Waals surface area contributed by atoms with E-state index in [-0.39, 0.29) is 6.54 Å². The highest BCUT2D eigenvalue weighted by molar-refractivity contribution is 7.07. The van der Waals surface area contributed by atoms with Crippen molar-refractivity contribution < 1.29 is 13.2 Å². The van der Waals surface area contributed by atoms with Gasteiger partial charge >= 0.3 is 11.0 Å². The molecule has 0 saturated carbocycles. The highest BCUT2D eigenvalue weighted by atomic mass is 32.1. The van der Waals surface area contributed by atoms with Gasteiger partial charge in [-0.2, -0.15) is 13.2 Å². The van der Waals surface area contributed by atoms with Gasteiger partial charge in [-0.25, -0.2) is 0 Å². The number of alkyl halides is 3. The van der Waals surface area contributed by atoms with Crippen LogP contribution in [0.25, 0.3) is 0 Å². The average Bonchev–Trinajstić information content (AvgIpc) is 2.62. The van der Waals surface area contributed by atoms with Crippen molar-refractivity contribution in [2.45, 2.75) is 12.7 Å². The van der Waals surface area contributed by atoms with Gasteiger partial charge in [-0.1, -0.05) is 41.7 Å². The van der Waals surface area contributed by atoms with Crippen LogP contribution in [0.4, 0.5) is 13.2 Å². The van der Waals surface area contributed by atoms with Crippen molar-refractivity contribution in [3.05, 3.63) is 56.6 Å². The lowest BCUT2D eigenvalue weighted by molar-refractivity contribution is -0.143. The molecule has 0 aliphatic rings. The Morgan fingerprint density at radius 3 is 2.41 bits per heavy atom. The van der Waals surface area contributed by atoms with Gasteiger partial charge in [-0.05, 0) is 5.56 Å². The summed E-state index contributed by atoms with van der Waals surface area (Å²) in [5.41, 5.74) is -0.227. The van der Waals surface area contributed by atoms with Crippen molar-refractivity contribution in [2.75, 3.05) is 0 Å². The van der Waals surface area contributed by atoms with Gasteiger partial charge < -0.3 is 0 Å². The molecule has 2 aromatic rings. The van der Waals surface area contributed by atoms with Gasteiger partial charge in [0.05, 0.1) is 6.54 Å². The number of aromatic nitrogens is 1. The zero-order valence-corrected chi connectivity index (χ0v) is 9.39. The normalized spacial score (nSPS) is 11.7. The van der Waals surface area contributed by atoms with E-state index in [1.165, 1.54) is 0 Å². The number of nitrogens with zero attached hydrogens (tertiary/aromatic N) is 1. The molecule has 0 aliphatic carbocycles. The number of thiazole rings is 1. The second kappa shape index (κ2) is 4.37. The topological polar surface area (TPSA) is 22.0 Å². The Kier molecular flexibility index (Phi) is 3.06. The molecule has 0 aliphatic heterocycles. The van der Waals surface area contributed by atoms with E-state index in [2.05, 4.69) is 0 Å². The minimum absolute atomic E-state index is 0.0575. The molecule has 1 aromatic heterocycles. The van der Waals surface area contributed by atoms with Gasteiger partial charge in [-0.15, -0.1) is 0 Å². The molecule has 1 heterocycles. The molecular weight excluding hydrogens is 251 g/mol. The molecule has 17 heavy (non-hydrogen) atoms. The molecule has 90 valence electrons.